The highest BCUT2D eigenvalue weighted by Crippen LogP contribution is 2.44. The third-order valence-corrected chi connectivity index (χ3v) is 2.08. The van der Waals surface area contributed by atoms with Gasteiger partial charge in [0.25, 0.3) is 5.79 Å². The molecule has 2 aliphatic heterocycles. The van der Waals surface area contributed by atoms with Crippen molar-refractivity contribution in [3.63, 3.8) is 0 Å². The van der Waals surface area contributed by atoms with Gasteiger partial charge in [-0.1, -0.05) is 0 Å². The molecule has 2 rings (SSSR count). The van der Waals surface area contributed by atoms with Crippen molar-refractivity contribution in [3.8, 4) is 0 Å². The van der Waals surface area contributed by atoms with Gasteiger partial charge in [0, 0.05) is 6.42 Å². The van der Waals surface area contributed by atoms with Crippen LogP contribution in [-0.4, -0.2) is 23.6 Å². The van der Waals surface area contributed by atoms with Crippen molar-refractivity contribution in [2.45, 2.75) is 31.0 Å². The van der Waals surface area contributed by atoms with Gasteiger partial charge in [-0.15, -0.1) is 0 Å². The summed E-state index contributed by atoms with van der Waals surface area (Å²) in [7, 11) is 0. The standard InChI is InChI=1S/C7H6F2O4/c8-7(9)3-6(13-5(7)11)2-1-4(10)12-6/h1-3H2. The third kappa shape index (κ3) is 1.16. The molecule has 0 N–H and O–H groups in total. The summed E-state index contributed by atoms with van der Waals surface area (Å²) in [6.45, 7) is 0. The largest absolute Gasteiger partial charge is 0.422 e. The topological polar surface area (TPSA) is 52.6 Å². The highest BCUT2D eigenvalue weighted by atomic mass is 19.3. The minimum absolute atomic E-state index is 0.0172. The first kappa shape index (κ1) is 8.40. The lowest BCUT2D eigenvalue weighted by molar-refractivity contribution is -0.197. The van der Waals surface area contributed by atoms with E-state index < -0.39 is 30.1 Å². The summed E-state index contributed by atoms with van der Waals surface area (Å²) in [5, 5.41) is 0. The average molecular weight is 192 g/mol. The highest BCUT2D eigenvalue weighted by molar-refractivity contribution is 5.82. The summed E-state index contributed by atoms with van der Waals surface area (Å²) >= 11 is 0. The van der Waals surface area contributed by atoms with Gasteiger partial charge in [0.15, 0.2) is 0 Å². The summed E-state index contributed by atoms with van der Waals surface area (Å²) in [6.07, 6.45) is -0.818. The Labute approximate surface area is 71.8 Å². The van der Waals surface area contributed by atoms with Gasteiger partial charge >= 0.3 is 17.9 Å². The first-order valence-corrected chi connectivity index (χ1v) is 3.77. The number of hydrogen-bond donors (Lipinski definition) is 0. The fourth-order valence-corrected chi connectivity index (χ4v) is 1.49. The summed E-state index contributed by atoms with van der Waals surface area (Å²) in [5.74, 6) is -7.42. The number of carbonyl (C=O) groups excluding carboxylic acids is 2. The molecule has 2 fully saturated rings. The van der Waals surface area contributed by atoms with Crippen molar-refractivity contribution < 1.29 is 27.8 Å². The summed E-state index contributed by atoms with van der Waals surface area (Å²) in [4.78, 5) is 21.3. The van der Waals surface area contributed by atoms with Crippen LogP contribution in [0.5, 0.6) is 0 Å². The molecule has 1 spiro atoms. The number of esters is 2. The van der Waals surface area contributed by atoms with E-state index in [1.165, 1.54) is 0 Å². The first-order chi connectivity index (χ1) is 5.94. The van der Waals surface area contributed by atoms with E-state index in [2.05, 4.69) is 9.47 Å². The second kappa shape index (κ2) is 2.18. The van der Waals surface area contributed by atoms with Crippen molar-refractivity contribution in [3.05, 3.63) is 0 Å². The maximum absolute atomic E-state index is 12.7. The molecule has 6 heteroatoms. The van der Waals surface area contributed by atoms with Crippen LogP contribution in [0.15, 0.2) is 0 Å². The Hall–Kier alpha value is -1.20. The molecule has 0 bridgehead atoms. The van der Waals surface area contributed by atoms with Crippen LogP contribution < -0.4 is 0 Å². The summed E-state index contributed by atoms with van der Waals surface area (Å²) in [5.41, 5.74) is 0. The molecule has 0 aromatic rings. The number of alkyl halides is 2. The number of ether oxygens (including phenoxy) is 2. The molecule has 2 aliphatic rings. The zero-order valence-corrected chi connectivity index (χ0v) is 6.51. The van der Waals surface area contributed by atoms with Crippen LogP contribution in [-0.2, 0) is 19.1 Å². The maximum Gasteiger partial charge on any atom is 0.380 e. The van der Waals surface area contributed by atoms with Crippen LogP contribution in [0, 0.1) is 0 Å². The van der Waals surface area contributed by atoms with Gasteiger partial charge in [0.2, 0.25) is 0 Å². The predicted octanol–water partition coefficient (Wildman–Crippen LogP) is 0.602. The molecule has 1 unspecified atom stereocenters. The Morgan fingerprint density at radius 1 is 1.23 bits per heavy atom. The van der Waals surface area contributed by atoms with Gasteiger partial charge in [-0.05, 0) is 0 Å². The summed E-state index contributed by atoms with van der Waals surface area (Å²) in [6, 6.07) is 0. The normalized spacial score (nSPS) is 36.5. The van der Waals surface area contributed by atoms with Gasteiger partial charge in [0.1, 0.15) is 6.42 Å². The second-order valence-corrected chi connectivity index (χ2v) is 3.16. The fraction of sp³-hybridized carbons (Fsp3) is 0.714. The van der Waals surface area contributed by atoms with E-state index in [-0.39, 0.29) is 12.8 Å². The van der Waals surface area contributed by atoms with Crippen molar-refractivity contribution in [1.29, 1.82) is 0 Å². The number of hydrogen-bond acceptors (Lipinski definition) is 4. The SMILES string of the molecule is O=C1CCC2(CC(F)(F)C(=O)O2)O1. The number of halogens is 2. The monoisotopic (exact) mass is 192 g/mol. The first-order valence-electron chi connectivity index (χ1n) is 3.77. The lowest BCUT2D eigenvalue weighted by Crippen LogP contribution is -2.28. The maximum atomic E-state index is 12.7. The molecular weight excluding hydrogens is 186 g/mol. The van der Waals surface area contributed by atoms with E-state index >= 15 is 0 Å². The minimum Gasteiger partial charge on any atom is -0.422 e. The molecule has 4 nitrogen and oxygen atoms in total. The molecule has 0 aliphatic carbocycles. The van der Waals surface area contributed by atoms with E-state index in [0.29, 0.717) is 0 Å². The van der Waals surface area contributed by atoms with E-state index in [1.54, 1.807) is 0 Å². The number of rotatable bonds is 0. The average Bonchev–Trinajstić information content (AvgIpc) is 2.39. The fourth-order valence-electron chi connectivity index (χ4n) is 1.49. The van der Waals surface area contributed by atoms with Crippen LogP contribution in [0.25, 0.3) is 0 Å². The van der Waals surface area contributed by atoms with Crippen molar-refractivity contribution in [2.75, 3.05) is 0 Å². The molecule has 2 saturated heterocycles. The molecule has 0 amide bonds. The molecular formula is C7H6F2O4. The van der Waals surface area contributed by atoms with Crippen molar-refractivity contribution in [1.82, 2.24) is 0 Å². The quantitative estimate of drug-likeness (QED) is 0.527. The predicted molar refractivity (Wildman–Crippen MR) is 33.7 cm³/mol. The molecule has 13 heavy (non-hydrogen) atoms. The minimum atomic E-state index is -3.52. The molecule has 1 atom stereocenters. The van der Waals surface area contributed by atoms with Crippen molar-refractivity contribution >= 4 is 11.9 Å². The molecule has 0 saturated carbocycles. The Bertz CT molecular complexity index is 288. The highest BCUT2D eigenvalue weighted by Gasteiger charge is 2.63. The Kier molecular flexibility index (Phi) is 1.41. The smallest absolute Gasteiger partial charge is 0.380 e. The molecule has 72 valence electrons. The van der Waals surface area contributed by atoms with E-state index in [0.717, 1.165) is 0 Å². The van der Waals surface area contributed by atoms with Gasteiger partial charge < -0.3 is 9.47 Å². The molecule has 0 radical (unpaired) electrons. The number of carbonyl (C=O) groups is 2. The van der Waals surface area contributed by atoms with Gasteiger partial charge in [0.05, 0.1) is 6.42 Å². The van der Waals surface area contributed by atoms with Crippen LogP contribution in [0.1, 0.15) is 19.3 Å². The van der Waals surface area contributed by atoms with E-state index in [1.807, 2.05) is 0 Å². The lowest BCUT2D eigenvalue weighted by atomic mass is 10.1. The van der Waals surface area contributed by atoms with Crippen LogP contribution >= 0.6 is 0 Å². The van der Waals surface area contributed by atoms with Crippen LogP contribution in [0.4, 0.5) is 8.78 Å². The Morgan fingerprint density at radius 2 is 1.92 bits per heavy atom. The van der Waals surface area contributed by atoms with Gasteiger partial charge in [-0.2, -0.15) is 8.78 Å². The molecule has 2 heterocycles. The molecule has 0 aromatic carbocycles. The van der Waals surface area contributed by atoms with Crippen molar-refractivity contribution in [2.24, 2.45) is 0 Å². The zero-order valence-electron chi connectivity index (χ0n) is 6.51. The Balaban J connectivity index is 2.21. The van der Waals surface area contributed by atoms with E-state index in [4.69, 9.17) is 0 Å². The van der Waals surface area contributed by atoms with Gasteiger partial charge in [-0.3, -0.25) is 4.79 Å². The van der Waals surface area contributed by atoms with E-state index in [9.17, 15) is 18.4 Å². The summed E-state index contributed by atoms with van der Waals surface area (Å²) < 4.78 is 34.3. The van der Waals surface area contributed by atoms with Gasteiger partial charge in [-0.25, -0.2) is 4.79 Å². The third-order valence-electron chi connectivity index (χ3n) is 2.08. The van der Waals surface area contributed by atoms with Crippen LogP contribution in [0.3, 0.4) is 0 Å². The Morgan fingerprint density at radius 3 is 2.31 bits per heavy atom. The van der Waals surface area contributed by atoms with Crippen LogP contribution in [0.2, 0.25) is 0 Å². The molecule has 0 aromatic heterocycles. The zero-order chi connectivity index (χ0) is 9.69. The second-order valence-electron chi connectivity index (χ2n) is 3.16. The lowest BCUT2D eigenvalue weighted by Gasteiger charge is -2.18.